The number of hydrogen-bond acceptors (Lipinski definition) is 4. The van der Waals surface area contributed by atoms with Crippen molar-refractivity contribution < 1.29 is 14.0 Å². The van der Waals surface area contributed by atoms with Crippen molar-refractivity contribution >= 4 is 35.2 Å². The lowest BCUT2D eigenvalue weighted by molar-refractivity contribution is -0.128. The largest absolute Gasteiger partial charge is 0.467 e. The standard InChI is InChI=1S/C22H19ClN2O3S/c23-18-9-3-15(4-10-18)13-25-20(26)14-29-22(25)17-7-5-16(6-8-17)21(27)24-12-19-2-1-11-28-19/h1-11,22H,12-14H2,(H,24,27)/t22-/m0/s1. The second-order valence-electron chi connectivity index (χ2n) is 6.70. The minimum Gasteiger partial charge on any atom is -0.467 e. The van der Waals surface area contributed by atoms with Gasteiger partial charge in [-0.05, 0) is 47.5 Å². The van der Waals surface area contributed by atoms with Gasteiger partial charge in [0.05, 0.1) is 18.6 Å². The molecular weight excluding hydrogens is 408 g/mol. The molecule has 7 heteroatoms. The highest BCUT2D eigenvalue weighted by Crippen LogP contribution is 2.39. The van der Waals surface area contributed by atoms with Crippen molar-refractivity contribution in [3.63, 3.8) is 0 Å². The van der Waals surface area contributed by atoms with Gasteiger partial charge in [0.2, 0.25) is 5.91 Å². The lowest BCUT2D eigenvalue weighted by atomic mass is 10.1. The van der Waals surface area contributed by atoms with Crippen LogP contribution in [0.4, 0.5) is 0 Å². The van der Waals surface area contributed by atoms with Gasteiger partial charge in [0.15, 0.2) is 0 Å². The van der Waals surface area contributed by atoms with Gasteiger partial charge in [-0.1, -0.05) is 35.9 Å². The molecule has 1 N–H and O–H groups in total. The Kier molecular flexibility index (Phi) is 5.92. The second kappa shape index (κ2) is 8.76. The summed E-state index contributed by atoms with van der Waals surface area (Å²) in [7, 11) is 0. The van der Waals surface area contributed by atoms with E-state index in [9.17, 15) is 9.59 Å². The summed E-state index contributed by atoms with van der Waals surface area (Å²) in [4.78, 5) is 26.6. The van der Waals surface area contributed by atoms with E-state index in [1.165, 1.54) is 0 Å². The third kappa shape index (κ3) is 4.66. The molecule has 1 aliphatic rings. The molecule has 0 aliphatic carbocycles. The van der Waals surface area contributed by atoms with Gasteiger partial charge >= 0.3 is 0 Å². The van der Waals surface area contributed by atoms with E-state index in [0.717, 1.165) is 11.1 Å². The molecule has 5 nitrogen and oxygen atoms in total. The molecule has 29 heavy (non-hydrogen) atoms. The first-order valence-corrected chi connectivity index (χ1v) is 10.6. The van der Waals surface area contributed by atoms with Crippen molar-refractivity contribution in [3.8, 4) is 0 Å². The average molecular weight is 427 g/mol. The quantitative estimate of drug-likeness (QED) is 0.623. The van der Waals surface area contributed by atoms with Crippen LogP contribution in [0.5, 0.6) is 0 Å². The summed E-state index contributed by atoms with van der Waals surface area (Å²) in [5.74, 6) is 1.09. The van der Waals surface area contributed by atoms with Crippen LogP contribution in [0.1, 0.15) is 32.6 Å². The molecule has 0 saturated carbocycles. The van der Waals surface area contributed by atoms with Crippen LogP contribution in [0, 0.1) is 0 Å². The summed E-state index contributed by atoms with van der Waals surface area (Å²) in [5.41, 5.74) is 2.60. The third-order valence-electron chi connectivity index (χ3n) is 4.70. The van der Waals surface area contributed by atoms with Crippen LogP contribution in [0.25, 0.3) is 0 Å². The Morgan fingerprint density at radius 3 is 2.59 bits per heavy atom. The molecule has 1 atom stereocenters. The maximum absolute atomic E-state index is 12.4. The first-order valence-electron chi connectivity index (χ1n) is 9.16. The van der Waals surface area contributed by atoms with E-state index in [2.05, 4.69) is 5.32 Å². The molecule has 148 valence electrons. The summed E-state index contributed by atoms with van der Waals surface area (Å²) in [6.45, 7) is 0.870. The normalized spacial score (nSPS) is 16.2. The number of nitrogens with one attached hydrogen (secondary N) is 1. The number of carbonyl (C=O) groups is 2. The fraction of sp³-hybridized carbons (Fsp3) is 0.182. The molecule has 4 rings (SSSR count). The zero-order valence-electron chi connectivity index (χ0n) is 15.5. The average Bonchev–Trinajstić information content (AvgIpc) is 3.38. The number of nitrogens with zero attached hydrogens (tertiary/aromatic N) is 1. The highest BCUT2D eigenvalue weighted by Gasteiger charge is 2.32. The highest BCUT2D eigenvalue weighted by molar-refractivity contribution is 8.00. The van der Waals surface area contributed by atoms with Crippen LogP contribution < -0.4 is 5.32 Å². The smallest absolute Gasteiger partial charge is 0.251 e. The molecule has 0 radical (unpaired) electrons. The Bertz CT molecular complexity index is 988. The minimum atomic E-state index is -0.166. The van der Waals surface area contributed by atoms with Crippen LogP contribution in [0.3, 0.4) is 0 Å². The van der Waals surface area contributed by atoms with E-state index in [-0.39, 0.29) is 17.2 Å². The summed E-state index contributed by atoms with van der Waals surface area (Å²) < 4.78 is 5.22. The highest BCUT2D eigenvalue weighted by atomic mass is 35.5. The Morgan fingerprint density at radius 2 is 1.90 bits per heavy atom. The van der Waals surface area contributed by atoms with Crippen molar-refractivity contribution in [1.29, 1.82) is 0 Å². The SMILES string of the molecule is O=C(NCc1ccco1)c1ccc([C@@H]2SCC(=O)N2Cc2ccc(Cl)cc2)cc1. The van der Waals surface area contributed by atoms with Crippen molar-refractivity contribution in [2.75, 3.05) is 5.75 Å². The van der Waals surface area contributed by atoms with Crippen LogP contribution in [0.2, 0.25) is 5.02 Å². The molecular formula is C22H19ClN2O3S. The van der Waals surface area contributed by atoms with Gasteiger partial charge in [-0.2, -0.15) is 0 Å². The maximum Gasteiger partial charge on any atom is 0.251 e. The monoisotopic (exact) mass is 426 g/mol. The Labute approximate surface area is 178 Å². The first-order chi connectivity index (χ1) is 14.1. The Morgan fingerprint density at radius 1 is 1.14 bits per heavy atom. The van der Waals surface area contributed by atoms with E-state index < -0.39 is 0 Å². The predicted octanol–water partition coefficient (Wildman–Crippen LogP) is 4.64. The molecule has 1 fully saturated rings. The van der Waals surface area contributed by atoms with Crippen LogP contribution in [-0.2, 0) is 17.9 Å². The fourth-order valence-corrected chi connectivity index (χ4v) is 4.48. The summed E-state index contributed by atoms with van der Waals surface area (Å²) in [6, 6.07) is 18.5. The van der Waals surface area contributed by atoms with Gasteiger partial charge in [0.25, 0.3) is 5.91 Å². The number of benzene rings is 2. The summed E-state index contributed by atoms with van der Waals surface area (Å²) >= 11 is 7.54. The zero-order chi connectivity index (χ0) is 20.2. The molecule has 2 aromatic carbocycles. The van der Waals surface area contributed by atoms with Crippen molar-refractivity contribution in [2.24, 2.45) is 0 Å². The number of furan rings is 1. The van der Waals surface area contributed by atoms with Crippen molar-refractivity contribution in [1.82, 2.24) is 10.2 Å². The number of carbonyl (C=O) groups excluding carboxylic acids is 2. The van der Waals surface area contributed by atoms with E-state index in [1.807, 2.05) is 47.4 Å². The Hall–Kier alpha value is -2.70. The van der Waals surface area contributed by atoms with Gasteiger partial charge in [0, 0.05) is 17.1 Å². The molecule has 2 heterocycles. The number of amides is 2. The van der Waals surface area contributed by atoms with Crippen LogP contribution >= 0.6 is 23.4 Å². The molecule has 1 aromatic heterocycles. The zero-order valence-corrected chi connectivity index (χ0v) is 17.1. The van der Waals surface area contributed by atoms with E-state index in [1.54, 1.807) is 36.2 Å². The number of rotatable bonds is 6. The second-order valence-corrected chi connectivity index (χ2v) is 8.20. The van der Waals surface area contributed by atoms with Crippen molar-refractivity contribution in [2.45, 2.75) is 18.5 Å². The summed E-state index contributed by atoms with van der Waals surface area (Å²) in [6.07, 6.45) is 1.58. The lowest BCUT2D eigenvalue weighted by Crippen LogP contribution is -2.27. The van der Waals surface area contributed by atoms with Gasteiger partial charge in [-0.25, -0.2) is 0 Å². The molecule has 1 aliphatic heterocycles. The molecule has 2 amide bonds. The number of halogens is 1. The first kappa shape index (κ1) is 19.6. The molecule has 0 bridgehead atoms. The topological polar surface area (TPSA) is 62.6 Å². The summed E-state index contributed by atoms with van der Waals surface area (Å²) in [5, 5.41) is 3.43. The number of thioether (sulfide) groups is 1. The van der Waals surface area contributed by atoms with E-state index >= 15 is 0 Å². The van der Waals surface area contributed by atoms with E-state index in [4.69, 9.17) is 16.0 Å². The van der Waals surface area contributed by atoms with Gasteiger partial charge in [-0.3, -0.25) is 9.59 Å². The van der Waals surface area contributed by atoms with Crippen LogP contribution in [-0.4, -0.2) is 22.5 Å². The molecule has 1 saturated heterocycles. The predicted molar refractivity (Wildman–Crippen MR) is 114 cm³/mol. The van der Waals surface area contributed by atoms with Gasteiger partial charge < -0.3 is 14.6 Å². The Balaban J connectivity index is 1.43. The van der Waals surface area contributed by atoms with Gasteiger partial charge in [0.1, 0.15) is 11.1 Å². The van der Waals surface area contributed by atoms with Crippen molar-refractivity contribution in [3.05, 3.63) is 94.4 Å². The van der Waals surface area contributed by atoms with E-state index in [0.29, 0.717) is 35.2 Å². The van der Waals surface area contributed by atoms with Gasteiger partial charge in [-0.15, -0.1) is 11.8 Å². The van der Waals surface area contributed by atoms with Crippen LogP contribution in [0.15, 0.2) is 71.3 Å². The third-order valence-corrected chi connectivity index (χ3v) is 6.20. The number of hydrogen-bond donors (Lipinski definition) is 1. The maximum atomic E-state index is 12.4. The molecule has 3 aromatic rings. The minimum absolute atomic E-state index is 0.0709. The lowest BCUT2D eigenvalue weighted by Gasteiger charge is -2.24. The molecule has 0 unspecified atom stereocenters. The fourth-order valence-electron chi connectivity index (χ4n) is 3.17. The molecule has 0 spiro atoms.